The molecule has 1 aromatic heterocycles. The highest BCUT2D eigenvalue weighted by Gasteiger charge is 1.99. The molecule has 0 atom stereocenters. The minimum Gasteiger partial charge on any atom is -0.311 e. The Balaban J connectivity index is 2.36. The Morgan fingerprint density at radius 1 is 1.33 bits per heavy atom. The van der Waals surface area contributed by atoms with Crippen LogP contribution in [0, 0.1) is 0 Å². The average molecular weight is 206 g/mol. The molecule has 0 aliphatic carbocycles. The molecule has 0 amide bonds. The lowest BCUT2D eigenvalue weighted by Gasteiger charge is -2.06. The lowest BCUT2D eigenvalue weighted by atomic mass is 10.1. The Morgan fingerprint density at radius 2 is 2.13 bits per heavy atom. The second-order valence-electron chi connectivity index (χ2n) is 4.27. The molecular weight excluding hydrogens is 184 g/mol. The van der Waals surface area contributed by atoms with E-state index < -0.39 is 0 Å². The SMILES string of the molecule is CCCCNCc1ccc(C(C)C)cn1. The Kier molecular flexibility index (Phi) is 5.33. The summed E-state index contributed by atoms with van der Waals surface area (Å²) in [5.41, 5.74) is 2.45. The number of hydrogen-bond donors (Lipinski definition) is 1. The van der Waals surface area contributed by atoms with Crippen LogP contribution in [0.4, 0.5) is 0 Å². The van der Waals surface area contributed by atoms with Gasteiger partial charge in [-0.2, -0.15) is 0 Å². The van der Waals surface area contributed by atoms with E-state index in [0.717, 1.165) is 18.8 Å². The molecule has 2 nitrogen and oxygen atoms in total. The summed E-state index contributed by atoms with van der Waals surface area (Å²) < 4.78 is 0. The standard InChI is InChI=1S/C13H22N2/c1-4-5-8-14-10-13-7-6-12(9-15-13)11(2)3/h6-7,9,11,14H,4-5,8,10H2,1-3H3. The van der Waals surface area contributed by atoms with E-state index in [1.807, 2.05) is 6.20 Å². The normalized spacial score (nSPS) is 10.9. The molecule has 1 heterocycles. The predicted octanol–water partition coefficient (Wildman–Crippen LogP) is 3.09. The first-order valence-corrected chi connectivity index (χ1v) is 5.89. The summed E-state index contributed by atoms with van der Waals surface area (Å²) >= 11 is 0. The largest absolute Gasteiger partial charge is 0.311 e. The van der Waals surface area contributed by atoms with Gasteiger partial charge in [0.15, 0.2) is 0 Å². The van der Waals surface area contributed by atoms with Crippen molar-refractivity contribution in [1.29, 1.82) is 0 Å². The van der Waals surface area contributed by atoms with Gasteiger partial charge in [-0.15, -0.1) is 0 Å². The van der Waals surface area contributed by atoms with Gasteiger partial charge in [0.2, 0.25) is 0 Å². The van der Waals surface area contributed by atoms with E-state index in [0.29, 0.717) is 5.92 Å². The van der Waals surface area contributed by atoms with Crippen molar-refractivity contribution < 1.29 is 0 Å². The second kappa shape index (κ2) is 6.57. The van der Waals surface area contributed by atoms with E-state index in [-0.39, 0.29) is 0 Å². The van der Waals surface area contributed by atoms with Crippen LogP contribution in [0.5, 0.6) is 0 Å². The van der Waals surface area contributed by atoms with Gasteiger partial charge < -0.3 is 5.32 Å². The second-order valence-corrected chi connectivity index (χ2v) is 4.27. The third-order valence-electron chi connectivity index (χ3n) is 2.53. The van der Waals surface area contributed by atoms with Crippen molar-refractivity contribution in [3.05, 3.63) is 29.6 Å². The van der Waals surface area contributed by atoms with Crippen LogP contribution in [0.25, 0.3) is 0 Å². The van der Waals surface area contributed by atoms with Gasteiger partial charge in [-0.3, -0.25) is 4.98 Å². The Labute approximate surface area is 93.1 Å². The molecule has 1 N–H and O–H groups in total. The van der Waals surface area contributed by atoms with Gasteiger partial charge in [0, 0.05) is 12.7 Å². The molecule has 1 aromatic rings. The first-order chi connectivity index (χ1) is 7.24. The van der Waals surface area contributed by atoms with Crippen molar-refractivity contribution in [2.75, 3.05) is 6.54 Å². The summed E-state index contributed by atoms with van der Waals surface area (Å²) in [7, 11) is 0. The molecule has 0 unspecified atom stereocenters. The molecule has 0 bridgehead atoms. The first kappa shape index (κ1) is 12.2. The number of hydrogen-bond acceptors (Lipinski definition) is 2. The summed E-state index contributed by atoms with van der Waals surface area (Å²) in [5, 5.41) is 3.39. The van der Waals surface area contributed by atoms with Crippen LogP contribution >= 0.6 is 0 Å². The van der Waals surface area contributed by atoms with Gasteiger partial charge >= 0.3 is 0 Å². The lowest BCUT2D eigenvalue weighted by molar-refractivity contribution is 0.632. The maximum Gasteiger partial charge on any atom is 0.0541 e. The summed E-state index contributed by atoms with van der Waals surface area (Å²) in [4.78, 5) is 4.44. The van der Waals surface area contributed by atoms with Gasteiger partial charge in [0.05, 0.1) is 5.69 Å². The van der Waals surface area contributed by atoms with Gasteiger partial charge in [-0.1, -0.05) is 33.3 Å². The summed E-state index contributed by atoms with van der Waals surface area (Å²) in [6, 6.07) is 4.29. The molecule has 0 saturated heterocycles. The summed E-state index contributed by atoms with van der Waals surface area (Å²) in [6.45, 7) is 8.56. The third kappa shape index (κ3) is 4.43. The van der Waals surface area contributed by atoms with Gasteiger partial charge in [-0.05, 0) is 30.5 Å². The Bertz CT molecular complexity index is 264. The van der Waals surface area contributed by atoms with Crippen molar-refractivity contribution in [2.45, 2.75) is 46.1 Å². The lowest BCUT2D eigenvalue weighted by Crippen LogP contribution is -2.15. The summed E-state index contributed by atoms with van der Waals surface area (Å²) in [6.07, 6.45) is 4.47. The molecule has 1 rings (SSSR count). The minimum absolute atomic E-state index is 0.569. The minimum atomic E-state index is 0.569. The predicted molar refractivity (Wildman–Crippen MR) is 64.9 cm³/mol. The monoisotopic (exact) mass is 206 g/mol. The smallest absolute Gasteiger partial charge is 0.0541 e. The van der Waals surface area contributed by atoms with E-state index in [1.165, 1.54) is 18.4 Å². The molecule has 0 saturated carbocycles. The average Bonchev–Trinajstić information content (AvgIpc) is 2.25. The topological polar surface area (TPSA) is 24.9 Å². The van der Waals surface area contributed by atoms with Crippen LogP contribution in [-0.4, -0.2) is 11.5 Å². The quantitative estimate of drug-likeness (QED) is 0.723. The molecule has 15 heavy (non-hydrogen) atoms. The molecule has 0 spiro atoms. The number of pyridine rings is 1. The third-order valence-corrected chi connectivity index (χ3v) is 2.53. The number of nitrogens with one attached hydrogen (secondary N) is 1. The maximum atomic E-state index is 4.44. The zero-order valence-electron chi connectivity index (χ0n) is 10.1. The molecule has 0 aliphatic heterocycles. The molecule has 0 aliphatic rings. The zero-order chi connectivity index (χ0) is 11.1. The van der Waals surface area contributed by atoms with Crippen LogP contribution in [0.2, 0.25) is 0 Å². The van der Waals surface area contributed by atoms with Gasteiger partial charge in [0.1, 0.15) is 0 Å². The van der Waals surface area contributed by atoms with Crippen LogP contribution in [0.1, 0.15) is 50.8 Å². The van der Waals surface area contributed by atoms with E-state index >= 15 is 0 Å². The Hall–Kier alpha value is -0.890. The zero-order valence-corrected chi connectivity index (χ0v) is 10.1. The fourth-order valence-corrected chi connectivity index (χ4v) is 1.40. The van der Waals surface area contributed by atoms with Crippen molar-refractivity contribution in [3.63, 3.8) is 0 Å². The van der Waals surface area contributed by atoms with Crippen molar-refractivity contribution in [2.24, 2.45) is 0 Å². The van der Waals surface area contributed by atoms with Crippen molar-refractivity contribution in [1.82, 2.24) is 10.3 Å². The molecular formula is C13H22N2. The molecule has 0 radical (unpaired) electrons. The summed E-state index contributed by atoms with van der Waals surface area (Å²) in [5.74, 6) is 0.569. The van der Waals surface area contributed by atoms with Crippen LogP contribution < -0.4 is 5.32 Å². The highest BCUT2D eigenvalue weighted by molar-refractivity contribution is 5.16. The van der Waals surface area contributed by atoms with Crippen LogP contribution in [0.15, 0.2) is 18.3 Å². The van der Waals surface area contributed by atoms with Gasteiger partial charge in [-0.25, -0.2) is 0 Å². The van der Waals surface area contributed by atoms with Crippen molar-refractivity contribution >= 4 is 0 Å². The van der Waals surface area contributed by atoms with E-state index in [2.05, 4.69) is 43.2 Å². The van der Waals surface area contributed by atoms with Crippen molar-refractivity contribution in [3.8, 4) is 0 Å². The Morgan fingerprint density at radius 3 is 2.67 bits per heavy atom. The first-order valence-electron chi connectivity index (χ1n) is 5.89. The van der Waals surface area contributed by atoms with E-state index in [4.69, 9.17) is 0 Å². The highest BCUT2D eigenvalue weighted by Crippen LogP contribution is 2.12. The maximum absolute atomic E-state index is 4.44. The van der Waals surface area contributed by atoms with E-state index in [1.54, 1.807) is 0 Å². The molecule has 2 heteroatoms. The number of unbranched alkanes of at least 4 members (excludes halogenated alkanes) is 1. The number of rotatable bonds is 6. The van der Waals surface area contributed by atoms with Crippen LogP contribution in [0.3, 0.4) is 0 Å². The van der Waals surface area contributed by atoms with Crippen LogP contribution in [-0.2, 0) is 6.54 Å². The number of nitrogens with zero attached hydrogens (tertiary/aromatic N) is 1. The molecule has 0 aromatic carbocycles. The van der Waals surface area contributed by atoms with E-state index in [9.17, 15) is 0 Å². The van der Waals surface area contributed by atoms with Gasteiger partial charge in [0.25, 0.3) is 0 Å². The fourth-order valence-electron chi connectivity index (χ4n) is 1.40. The molecule has 84 valence electrons. The number of aromatic nitrogens is 1. The molecule has 0 fully saturated rings. The highest BCUT2D eigenvalue weighted by atomic mass is 14.9. The fraction of sp³-hybridized carbons (Fsp3) is 0.615.